The quantitative estimate of drug-likeness (QED) is 0.280. The number of aromatic nitrogens is 4. The molecule has 0 aliphatic carbocycles. The Kier molecular flexibility index (Phi) is 4.84. The lowest BCUT2D eigenvalue weighted by atomic mass is 9.86. The molecule has 0 saturated carbocycles. The van der Waals surface area contributed by atoms with E-state index < -0.39 is 29.8 Å². The summed E-state index contributed by atoms with van der Waals surface area (Å²) in [5.74, 6) is -0.631. The van der Waals surface area contributed by atoms with Crippen LogP contribution >= 0.6 is 0 Å². The lowest BCUT2D eigenvalue weighted by Gasteiger charge is -2.33. The Hall–Kier alpha value is -3.76. The third kappa shape index (κ3) is 4.28. The van der Waals surface area contributed by atoms with Crippen molar-refractivity contribution < 1.29 is 30.6 Å². The molecule has 1 aromatic carbocycles. The maximum absolute atomic E-state index is 13.3. The van der Waals surface area contributed by atoms with E-state index in [1.165, 1.54) is 6.20 Å². The van der Waals surface area contributed by atoms with Gasteiger partial charge in [-0.2, -0.15) is 0 Å². The van der Waals surface area contributed by atoms with Crippen LogP contribution in [0.15, 0.2) is 58.2 Å². The molecule has 6 rings (SSSR count). The van der Waals surface area contributed by atoms with Crippen LogP contribution in [-0.4, -0.2) is 54.6 Å². The first-order valence-electron chi connectivity index (χ1n) is 15.5. The third-order valence-corrected chi connectivity index (χ3v) is 8.46. The number of ether oxygens (including phenoxy) is 2. The topological polar surface area (TPSA) is 109 Å². The summed E-state index contributed by atoms with van der Waals surface area (Å²) in [6.07, 6.45) is 4.93. The molecule has 0 spiro atoms. The third-order valence-electron chi connectivity index (χ3n) is 7.37. The smallest absolute Gasteiger partial charge is 0.224 e. The first kappa shape index (κ1) is 19.3. The summed E-state index contributed by atoms with van der Waals surface area (Å²) < 4.78 is 92.2. The molecule has 0 bridgehead atoms. The van der Waals surface area contributed by atoms with Gasteiger partial charge in [0.25, 0.3) is 0 Å². The number of fused-ring (bicyclic) bond motifs is 3. The number of rotatable bonds is 6. The molecule has 0 radical (unpaired) electrons. The van der Waals surface area contributed by atoms with Gasteiger partial charge in [-0.25, -0.2) is 13.4 Å². The van der Waals surface area contributed by atoms with E-state index in [0.717, 1.165) is 18.0 Å². The van der Waals surface area contributed by atoms with E-state index in [9.17, 15) is 8.42 Å². The molecule has 1 fully saturated rings. The molecule has 1 aliphatic rings. The average Bonchev–Trinajstić information content (AvgIpc) is 3.52. The SMILES string of the molecule is [2H]C([2H])([2H])Oc1ncc(S(C)(=O)=O)c2c1c1ncc(-c3c(C)noc3C([2H])([2H])[2H])cc1n2[C@H](c1ccccc1)C1CCOCC1. The molecule has 39 heavy (non-hydrogen) atoms. The Labute approximate surface area is 235 Å². The van der Waals surface area contributed by atoms with Gasteiger partial charge in [0, 0.05) is 40.9 Å². The van der Waals surface area contributed by atoms with Crippen molar-refractivity contribution in [3.63, 3.8) is 0 Å². The van der Waals surface area contributed by atoms with E-state index in [1.807, 2.05) is 34.9 Å². The molecule has 1 atom stereocenters. The van der Waals surface area contributed by atoms with E-state index in [1.54, 1.807) is 13.0 Å². The van der Waals surface area contributed by atoms with Gasteiger partial charge in [-0.05, 0) is 44.2 Å². The van der Waals surface area contributed by atoms with Crippen LogP contribution in [0.3, 0.4) is 0 Å². The summed E-state index contributed by atoms with van der Waals surface area (Å²) in [7, 11) is -6.82. The number of hydrogen-bond acceptors (Lipinski definition) is 8. The second-order valence-corrected chi connectivity index (χ2v) is 11.7. The van der Waals surface area contributed by atoms with Crippen LogP contribution in [0, 0.1) is 19.7 Å². The minimum atomic E-state index is -3.92. The zero-order chi connectivity index (χ0) is 32.3. The summed E-state index contributed by atoms with van der Waals surface area (Å²) in [6.45, 7) is 0.0202. The fourth-order valence-corrected chi connectivity index (χ4v) is 6.46. The van der Waals surface area contributed by atoms with Crippen molar-refractivity contribution in [1.29, 1.82) is 0 Å². The molecule has 1 aliphatic heterocycles. The highest BCUT2D eigenvalue weighted by atomic mass is 32.2. The molecule has 9 nitrogen and oxygen atoms in total. The van der Waals surface area contributed by atoms with Gasteiger partial charge in [0.1, 0.15) is 16.2 Å². The minimum Gasteiger partial charge on any atom is -0.480 e. The van der Waals surface area contributed by atoms with Crippen molar-refractivity contribution in [1.82, 2.24) is 19.7 Å². The predicted octanol–water partition coefficient (Wildman–Crippen LogP) is 5.28. The Bertz CT molecular complexity index is 2000. The Morgan fingerprint density at radius 3 is 2.67 bits per heavy atom. The molecular weight excluding hydrogens is 516 g/mol. The van der Waals surface area contributed by atoms with Gasteiger partial charge >= 0.3 is 0 Å². The van der Waals surface area contributed by atoms with Crippen LogP contribution in [0.4, 0.5) is 0 Å². The fourth-order valence-electron chi connectivity index (χ4n) is 5.67. The average molecular weight is 553 g/mol. The van der Waals surface area contributed by atoms with Crippen LogP contribution in [0.2, 0.25) is 0 Å². The van der Waals surface area contributed by atoms with Gasteiger partial charge in [-0.3, -0.25) is 4.98 Å². The molecule has 5 heterocycles. The molecule has 0 amide bonds. The van der Waals surface area contributed by atoms with Gasteiger partial charge in [0.15, 0.2) is 9.84 Å². The van der Waals surface area contributed by atoms with Crippen molar-refractivity contribution in [3.05, 3.63) is 65.8 Å². The standard InChI is InChI=1S/C29H30N4O5S/c1-17-24(18(2)38-32-17)21-14-22-26(30-15-21)25-28(23(39(4,34)35)16-31-29(25)36-3)33(22)27(19-8-6-5-7-9-19)20-10-12-37-13-11-20/h5-9,14-16,20,27H,10-13H2,1-4H3/t27-/m1/s1/i2D3,3D3. The largest absolute Gasteiger partial charge is 0.480 e. The molecular formula is C29H30N4O5S. The van der Waals surface area contributed by atoms with Crippen LogP contribution in [0.25, 0.3) is 33.1 Å². The van der Waals surface area contributed by atoms with Crippen LogP contribution in [0.1, 0.15) is 44.1 Å². The lowest BCUT2D eigenvalue weighted by Crippen LogP contribution is -2.27. The Morgan fingerprint density at radius 1 is 1.15 bits per heavy atom. The summed E-state index contributed by atoms with van der Waals surface area (Å²) in [5.41, 5.74) is 2.68. The van der Waals surface area contributed by atoms with Crippen LogP contribution < -0.4 is 4.74 Å². The summed E-state index contributed by atoms with van der Waals surface area (Å²) in [5, 5.41) is 4.02. The van der Waals surface area contributed by atoms with E-state index in [4.69, 9.17) is 22.2 Å². The number of sulfone groups is 1. The first-order chi connectivity index (χ1) is 21.1. The first-order valence-corrected chi connectivity index (χ1v) is 14.4. The van der Waals surface area contributed by atoms with E-state index in [2.05, 4.69) is 15.1 Å². The summed E-state index contributed by atoms with van der Waals surface area (Å²) in [6, 6.07) is 10.8. The van der Waals surface area contributed by atoms with E-state index in [-0.39, 0.29) is 44.4 Å². The summed E-state index contributed by atoms with van der Waals surface area (Å²) in [4.78, 5) is 8.72. The highest BCUT2D eigenvalue weighted by molar-refractivity contribution is 7.91. The number of pyridine rings is 2. The minimum absolute atomic E-state index is 0.0218. The molecule has 1 saturated heterocycles. The normalized spacial score (nSPS) is 18.6. The van der Waals surface area contributed by atoms with Gasteiger partial charge in [0.2, 0.25) is 5.88 Å². The maximum atomic E-state index is 13.3. The van der Waals surface area contributed by atoms with Crippen molar-refractivity contribution in [3.8, 4) is 17.0 Å². The second-order valence-electron chi connectivity index (χ2n) is 9.76. The highest BCUT2D eigenvalue weighted by Crippen LogP contribution is 2.45. The van der Waals surface area contributed by atoms with Crippen molar-refractivity contribution in [2.45, 2.75) is 37.6 Å². The van der Waals surface area contributed by atoms with Gasteiger partial charge in [-0.15, -0.1) is 0 Å². The van der Waals surface area contributed by atoms with Gasteiger partial charge < -0.3 is 18.6 Å². The molecule has 0 N–H and O–H groups in total. The van der Waals surface area contributed by atoms with E-state index >= 15 is 0 Å². The zero-order valence-corrected chi connectivity index (χ0v) is 22.2. The van der Waals surface area contributed by atoms with E-state index in [0.29, 0.717) is 42.8 Å². The summed E-state index contributed by atoms with van der Waals surface area (Å²) >= 11 is 0. The number of hydrogen-bond donors (Lipinski definition) is 0. The number of aryl methyl sites for hydroxylation is 2. The molecule has 0 unspecified atom stereocenters. The maximum Gasteiger partial charge on any atom is 0.224 e. The Balaban J connectivity index is 1.79. The second kappa shape index (κ2) is 9.77. The van der Waals surface area contributed by atoms with Crippen LogP contribution in [0.5, 0.6) is 5.88 Å². The number of nitrogens with zero attached hydrogens (tertiary/aromatic N) is 4. The lowest BCUT2D eigenvalue weighted by molar-refractivity contribution is 0.0552. The molecule has 10 heteroatoms. The van der Waals surface area contributed by atoms with Gasteiger partial charge in [0.05, 0.1) is 45.5 Å². The number of methoxy groups -OCH3 is 1. The van der Waals surface area contributed by atoms with Crippen molar-refractivity contribution >= 4 is 31.8 Å². The van der Waals surface area contributed by atoms with Crippen molar-refractivity contribution in [2.75, 3.05) is 26.5 Å². The highest BCUT2D eigenvalue weighted by Gasteiger charge is 2.33. The van der Waals surface area contributed by atoms with Gasteiger partial charge in [-0.1, -0.05) is 35.5 Å². The number of benzene rings is 1. The van der Waals surface area contributed by atoms with Crippen LogP contribution in [-0.2, 0) is 14.6 Å². The Morgan fingerprint density at radius 2 is 1.95 bits per heavy atom. The molecule has 5 aromatic rings. The van der Waals surface area contributed by atoms with Crippen molar-refractivity contribution in [2.24, 2.45) is 5.92 Å². The monoisotopic (exact) mass is 552 g/mol. The molecule has 4 aromatic heterocycles. The fraction of sp³-hybridized carbons (Fsp3) is 0.345. The molecule has 202 valence electrons. The predicted molar refractivity (Wildman–Crippen MR) is 148 cm³/mol. The zero-order valence-electron chi connectivity index (χ0n) is 27.3.